The van der Waals surface area contributed by atoms with E-state index in [1.54, 1.807) is 7.11 Å². The number of carboxylic acid groups (broad SMARTS) is 1. The number of hydrogen-bond donors (Lipinski definition) is 2. The SMILES string of the molecule is COc1cccc([C@@H](C)NC2CCCC(C(=O)O)C2)c1. The molecule has 0 saturated heterocycles. The summed E-state index contributed by atoms with van der Waals surface area (Å²) in [6, 6.07) is 8.48. The van der Waals surface area contributed by atoms with E-state index in [1.807, 2.05) is 18.2 Å². The summed E-state index contributed by atoms with van der Waals surface area (Å²) in [5, 5.41) is 12.7. The third-order valence-corrected chi connectivity index (χ3v) is 4.10. The topological polar surface area (TPSA) is 58.6 Å². The van der Waals surface area contributed by atoms with Gasteiger partial charge in [0, 0.05) is 12.1 Å². The first-order valence-corrected chi connectivity index (χ1v) is 7.23. The molecule has 3 atom stereocenters. The Morgan fingerprint density at radius 2 is 2.25 bits per heavy atom. The minimum absolute atomic E-state index is 0.196. The van der Waals surface area contributed by atoms with Crippen molar-refractivity contribution in [1.82, 2.24) is 5.32 Å². The first-order valence-electron chi connectivity index (χ1n) is 7.23. The largest absolute Gasteiger partial charge is 0.497 e. The fourth-order valence-corrected chi connectivity index (χ4v) is 2.93. The van der Waals surface area contributed by atoms with Crippen molar-refractivity contribution in [2.24, 2.45) is 5.92 Å². The van der Waals surface area contributed by atoms with Crippen molar-refractivity contribution in [3.8, 4) is 5.75 Å². The molecule has 0 amide bonds. The fourth-order valence-electron chi connectivity index (χ4n) is 2.93. The van der Waals surface area contributed by atoms with Gasteiger partial charge in [-0.05, 0) is 43.9 Å². The molecule has 1 aliphatic carbocycles. The standard InChI is InChI=1S/C16H23NO3/c1-11(12-5-4-8-15(10-12)20-2)17-14-7-3-6-13(9-14)16(18)19/h4-5,8,10-11,13-14,17H,3,6-7,9H2,1-2H3,(H,18,19)/t11-,13?,14?/m1/s1. The number of rotatable bonds is 5. The molecule has 2 rings (SSSR count). The van der Waals surface area contributed by atoms with Crippen LogP contribution in [0.2, 0.25) is 0 Å². The minimum atomic E-state index is -0.662. The van der Waals surface area contributed by atoms with E-state index in [2.05, 4.69) is 18.3 Å². The molecule has 4 heteroatoms. The summed E-state index contributed by atoms with van der Waals surface area (Å²) >= 11 is 0. The second kappa shape index (κ2) is 6.75. The lowest BCUT2D eigenvalue weighted by molar-refractivity contribution is -0.143. The molecule has 0 heterocycles. The number of aliphatic carboxylic acids is 1. The monoisotopic (exact) mass is 277 g/mol. The first kappa shape index (κ1) is 14.9. The summed E-state index contributed by atoms with van der Waals surface area (Å²) in [6.45, 7) is 2.11. The zero-order valence-electron chi connectivity index (χ0n) is 12.1. The van der Waals surface area contributed by atoms with Gasteiger partial charge in [-0.15, -0.1) is 0 Å². The molecule has 110 valence electrons. The van der Waals surface area contributed by atoms with Gasteiger partial charge >= 0.3 is 5.97 Å². The lowest BCUT2D eigenvalue weighted by Gasteiger charge is -2.30. The van der Waals surface area contributed by atoms with E-state index in [1.165, 1.54) is 5.56 Å². The Morgan fingerprint density at radius 3 is 2.95 bits per heavy atom. The molecule has 1 saturated carbocycles. The molecule has 0 aliphatic heterocycles. The van der Waals surface area contributed by atoms with E-state index in [9.17, 15) is 4.79 Å². The van der Waals surface area contributed by atoms with Crippen molar-refractivity contribution in [3.63, 3.8) is 0 Å². The molecule has 4 nitrogen and oxygen atoms in total. The van der Waals surface area contributed by atoms with Crippen molar-refractivity contribution < 1.29 is 14.6 Å². The van der Waals surface area contributed by atoms with E-state index < -0.39 is 5.97 Å². The van der Waals surface area contributed by atoms with E-state index in [-0.39, 0.29) is 18.0 Å². The van der Waals surface area contributed by atoms with Crippen molar-refractivity contribution in [1.29, 1.82) is 0 Å². The molecule has 0 bridgehead atoms. The Morgan fingerprint density at radius 1 is 1.45 bits per heavy atom. The molecule has 0 spiro atoms. The molecular weight excluding hydrogens is 254 g/mol. The van der Waals surface area contributed by atoms with Gasteiger partial charge < -0.3 is 15.2 Å². The normalized spacial score (nSPS) is 24.1. The molecule has 2 N–H and O–H groups in total. The average molecular weight is 277 g/mol. The third-order valence-electron chi connectivity index (χ3n) is 4.10. The zero-order chi connectivity index (χ0) is 14.5. The molecule has 20 heavy (non-hydrogen) atoms. The third kappa shape index (κ3) is 3.73. The Hall–Kier alpha value is -1.55. The van der Waals surface area contributed by atoms with Gasteiger partial charge in [0.2, 0.25) is 0 Å². The lowest BCUT2D eigenvalue weighted by atomic mass is 9.85. The highest BCUT2D eigenvalue weighted by atomic mass is 16.5. The molecule has 0 radical (unpaired) electrons. The maximum absolute atomic E-state index is 11.1. The lowest BCUT2D eigenvalue weighted by Crippen LogP contribution is -2.37. The maximum atomic E-state index is 11.1. The molecule has 2 unspecified atom stereocenters. The average Bonchev–Trinajstić information content (AvgIpc) is 2.47. The Kier molecular flexibility index (Phi) is 5.01. The van der Waals surface area contributed by atoms with E-state index in [0.29, 0.717) is 0 Å². The van der Waals surface area contributed by atoms with E-state index >= 15 is 0 Å². The van der Waals surface area contributed by atoms with Crippen LogP contribution in [-0.4, -0.2) is 24.2 Å². The maximum Gasteiger partial charge on any atom is 0.306 e. The number of hydrogen-bond acceptors (Lipinski definition) is 3. The Bertz CT molecular complexity index is 461. The smallest absolute Gasteiger partial charge is 0.306 e. The van der Waals surface area contributed by atoms with Crippen molar-refractivity contribution in [3.05, 3.63) is 29.8 Å². The molecule has 1 aliphatic rings. The number of benzene rings is 1. The highest BCUT2D eigenvalue weighted by Crippen LogP contribution is 2.27. The molecule has 1 fully saturated rings. The fraction of sp³-hybridized carbons (Fsp3) is 0.562. The van der Waals surface area contributed by atoms with Crippen LogP contribution in [0.4, 0.5) is 0 Å². The van der Waals surface area contributed by atoms with Crippen LogP contribution >= 0.6 is 0 Å². The summed E-state index contributed by atoms with van der Waals surface area (Å²) in [7, 11) is 1.66. The number of carbonyl (C=O) groups is 1. The summed E-state index contributed by atoms with van der Waals surface area (Å²) < 4.78 is 5.24. The Labute approximate surface area is 120 Å². The number of methoxy groups -OCH3 is 1. The van der Waals surface area contributed by atoms with Crippen LogP contribution in [0.15, 0.2) is 24.3 Å². The highest BCUT2D eigenvalue weighted by molar-refractivity contribution is 5.70. The molecule has 1 aromatic carbocycles. The molecule has 0 aromatic heterocycles. The zero-order valence-corrected chi connectivity index (χ0v) is 12.1. The predicted octanol–water partition coefficient (Wildman–Crippen LogP) is 2.99. The van der Waals surface area contributed by atoms with Crippen LogP contribution in [0, 0.1) is 5.92 Å². The summed E-state index contributed by atoms with van der Waals surface area (Å²) in [5.74, 6) is -0.00694. The quantitative estimate of drug-likeness (QED) is 0.868. The van der Waals surface area contributed by atoms with Gasteiger partial charge in [0.1, 0.15) is 5.75 Å². The minimum Gasteiger partial charge on any atom is -0.497 e. The highest BCUT2D eigenvalue weighted by Gasteiger charge is 2.27. The second-order valence-electron chi connectivity index (χ2n) is 5.56. The second-order valence-corrected chi connectivity index (χ2v) is 5.56. The Balaban J connectivity index is 1.96. The van der Waals surface area contributed by atoms with Crippen LogP contribution in [0.5, 0.6) is 5.75 Å². The predicted molar refractivity (Wildman–Crippen MR) is 77.9 cm³/mol. The van der Waals surface area contributed by atoms with E-state index in [0.717, 1.165) is 31.4 Å². The summed E-state index contributed by atoms with van der Waals surface area (Å²) in [5.41, 5.74) is 1.17. The summed E-state index contributed by atoms with van der Waals surface area (Å²) in [6.07, 6.45) is 3.57. The van der Waals surface area contributed by atoms with E-state index in [4.69, 9.17) is 9.84 Å². The van der Waals surface area contributed by atoms with Crippen molar-refractivity contribution in [2.45, 2.75) is 44.7 Å². The van der Waals surface area contributed by atoms with Crippen LogP contribution in [0.25, 0.3) is 0 Å². The van der Waals surface area contributed by atoms with Gasteiger partial charge in [-0.1, -0.05) is 18.6 Å². The number of nitrogens with one attached hydrogen (secondary N) is 1. The molecule has 1 aromatic rings. The molecular formula is C16H23NO3. The van der Waals surface area contributed by atoms with Crippen molar-refractivity contribution >= 4 is 5.97 Å². The van der Waals surface area contributed by atoms with Gasteiger partial charge in [0.25, 0.3) is 0 Å². The van der Waals surface area contributed by atoms with Gasteiger partial charge in [-0.25, -0.2) is 0 Å². The van der Waals surface area contributed by atoms with Crippen molar-refractivity contribution in [2.75, 3.05) is 7.11 Å². The van der Waals surface area contributed by atoms with Crippen LogP contribution < -0.4 is 10.1 Å². The van der Waals surface area contributed by atoms with Gasteiger partial charge in [0.15, 0.2) is 0 Å². The number of ether oxygens (including phenoxy) is 1. The van der Waals surface area contributed by atoms with Gasteiger partial charge in [-0.2, -0.15) is 0 Å². The van der Waals surface area contributed by atoms with Gasteiger partial charge in [-0.3, -0.25) is 4.79 Å². The van der Waals surface area contributed by atoms with Crippen LogP contribution in [-0.2, 0) is 4.79 Å². The van der Waals surface area contributed by atoms with Crippen LogP contribution in [0.3, 0.4) is 0 Å². The summed E-state index contributed by atoms with van der Waals surface area (Å²) in [4.78, 5) is 11.1. The number of carboxylic acids is 1. The first-order chi connectivity index (χ1) is 9.60. The van der Waals surface area contributed by atoms with Gasteiger partial charge in [0.05, 0.1) is 13.0 Å². The van der Waals surface area contributed by atoms with Crippen LogP contribution in [0.1, 0.15) is 44.2 Å².